The minimum atomic E-state index is -0.273. The third kappa shape index (κ3) is 3.63. The van der Waals surface area contributed by atoms with E-state index in [9.17, 15) is 9.18 Å². The lowest BCUT2D eigenvalue weighted by Gasteiger charge is -2.00. The number of rotatable bonds is 3. The molecule has 20 heavy (non-hydrogen) atoms. The predicted molar refractivity (Wildman–Crippen MR) is 78.9 cm³/mol. The molecular weight excluding hydrogens is 255 g/mol. The molecule has 2 rings (SSSR count). The fraction of sp³-hybridized carbons (Fsp3) is 0.250. The van der Waals surface area contributed by atoms with Crippen molar-refractivity contribution in [1.29, 1.82) is 0 Å². The van der Waals surface area contributed by atoms with Gasteiger partial charge in [-0.15, -0.1) is 0 Å². The van der Waals surface area contributed by atoms with Crippen LogP contribution in [-0.4, -0.2) is 31.1 Å². The normalized spacial score (nSPS) is 19.4. The van der Waals surface area contributed by atoms with Gasteiger partial charge in [0.15, 0.2) is 5.78 Å². The van der Waals surface area contributed by atoms with Gasteiger partial charge in [0, 0.05) is 31.5 Å². The number of Topliss-reactive ketones (excluding diaryl/α,β-unsaturated/α-hetero) is 1. The predicted octanol–water partition coefficient (Wildman–Crippen LogP) is 3.05. The van der Waals surface area contributed by atoms with E-state index < -0.39 is 0 Å². The summed E-state index contributed by atoms with van der Waals surface area (Å²) in [6, 6.07) is 6.13. The molecule has 0 aromatic heterocycles. The van der Waals surface area contributed by atoms with Gasteiger partial charge in [-0.3, -0.25) is 4.79 Å². The summed E-state index contributed by atoms with van der Waals surface area (Å²) in [7, 11) is 3.65. The minimum Gasteiger partial charge on any atom is -0.303 e. The molecule has 1 fully saturated rings. The highest BCUT2D eigenvalue weighted by Gasteiger charge is 2.22. The van der Waals surface area contributed by atoms with Crippen molar-refractivity contribution >= 4 is 18.1 Å². The quantitative estimate of drug-likeness (QED) is 0.481. The zero-order valence-electron chi connectivity index (χ0n) is 11.6. The maximum atomic E-state index is 12.8. The van der Waals surface area contributed by atoms with Gasteiger partial charge in [0.05, 0.1) is 0 Å². The SMILES string of the molecule is CN(C)/N=C\C=C1/CC/C(=C\c2ccc(F)cc2)C1=O. The first kappa shape index (κ1) is 14.2. The van der Waals surface area contributed by atoms with Gasteiger partial charge in [-0.1, -0.05) is 12.1 Å². The number of allylic oxidation sites excluding steroid dienone is 3. The van der Waals surface area contributed by atoms with Crippen LogP contribution in [0.5, 0.6) is 0 Å². The van der Waals surface area contributed by atoms with E-state index in [0.717, 1.165) is 29.6 Å². The molecule has 1 saturated carbocycles. The molecule has 3 nitrogen and oxygen atoms in total. The number of benzene rings is 1. The van der Waals surface area contributed by atoms with Crippen LogP contribution in [0.4, 0.5) is 4.39 Å². The lowest BCUT2D eigenvalue weighted by molar-refractivity contribution is -0.111. The second kappa shape index (κ2) is 6.28. The third-order valence-corrected chi connectivity index (χ3v) is 3.03. The van der Waals surface area contributed by atoms with Crippen molar-refractivity contribution in [2.24, 2.45) is 5.10 Å². The molecule has 0 N–H and O–H groups in total. The maximum Gasteiger partial charge on any atom is 0.185 e. The van der Waals surface area contributed by atoms with Gasteiger partial charge in [-0.2, -0.15) is 5.10 Å². The van der Waals surface area contributed by atoms with Crippen molar-refractivity contribution in [3.8, 4) is 0 Å². The molecular formula is C16H17FN2O. The van der Waals surface area contributed by atoms with Crippen LogP contribution in [0, 0.1) is 5.82 Å². The Morgan fingerprint density at radius 3 is 2.45 bits per heavy atom. The molecule has 0 radical (unpaired) electrons. The lowest BCUT2D eigenvalue weighted by Crippen LogP contribution is -2.01. The number of nitrogens with zero attached hydrogens (tertiary/aromatic N) is 2. The summed E-state index contributed by atoms with van der Waals surface area (Å²) >= 11 is 0. The van der Waals surface area contributed by atoms with Crippen molar-refractivity contribution in [3.05, 3.63) is 52.9 Å². The number of carbonyl (C=O) groups is 1. The fourth-order valence-electron chi connectivity index (χ4n) is 2.02. The summed E-state index contributed by atoms with van der Waals surface area (Å²) in [6.45, 7) is 0. The average molecular weight is 272 g/mol. The first-order chi connectivity index (χ1) is 9.56. The maximum absolute atomic E-state index is 12.8. The molecule has 0 saturated heterocycles. The molecule has 0 atom stereocenters. The Hall–Kier alpha value is -2.23. The van der Waals surface area contributed by atoms with E-state index in [-0.39, 0.29) is 11.6 Å². The standard InChI is InChI=1S/C16H17FN2O/c1-19(2)18-10-9-13-5-6-14(16(13)20)11-12-3-7-15(17)8-4-12/h3-4,7-11H,5-6H2,1-2H3/b13-9+,14-11+,18-10-. The van der Waals surface area contributed by atoms with Gasteiger partial charge in [0.2, 0.25) is 0 Å². The largest absolute Gasteiger partial charge is 0.303 e. The van der Waals surface area contributed by atoms with Crippen LogP contribution in [-0.2, 0) is 4.79 Å². The fourth-order valence-corrected chi connectivity index (χ4v) is 2.02. The second-order valence-electron chi connectivity index (χ2n) is 4.85. The molecule has 1 aromatic carbocycles. The van der Waals surface area contributed by atoms with E-state index in [1.165, 1.54) is 12.1 Å². The Balaban J connectivity index is 2.13. The number of hydrogen-bond acceptors (Lipinski definition) is 3. The summed E-state index contributed by atoms with van der Waals surface area (Å²) < 4.78 is 12.8. The zero-order valence-corrected chi connectivity index (χ0v) is 11.6. The molecule has 1 aliphatic rings. The van der Waals surface area contributed by atoms with Crippen LogP contribution >= 0.6 is 0 Å². The van der Waals surface area contributed by atoms with Gasteiger partial charge in [-0.05, 0) is 42.7 Å². The third-order valence-electron chi connectivity index (χ3n) is 3.03. The molecule has 1 aliphatic carbocycles. The highest BCUT2D eigenvalue weighted by molar-refractivity contribution is 6.14. The van der Waals surface area contributed by atoms with Crippen molar-refractivity contribution in [3.63, 3.8) is 0 Å². The molecule has 0 unspecified atom stereocenters. The van der Waals surface area contributed by atoms with Crippen molar-refractivity contribution in [2.75, 3.05) is 14.1 Å². The number of hydrazone groups is 1. The first-order valence-electron chi connectivity index (χ1n) is 6.47. The van der Waals surface area contributed by atoms with Crippen LogP contribution in [0.2, 0.25) is 0 Å². The summed E-state index contributed by atoms with van der Waals surface area (Å²) in [5, 5.41) is 5.73. The molecule has 4 heteroatoms. The average Bonchev–Trinajstić information content (AvgIpc) is 2.74. The molecule has 0 spiro atoms. The molecule has 0 heterocycles. The van der Waals surface area contributed by atoms with E-state index >= 15 is 0 Å². The number of carbonyl (C=O) groups excluding carboxylic acids is 1. The Kier molecular flexibility index (Phi) is 4.45. The van der Waals surface area contributed by atoms with Gasteiger partial charge in [-0.25, -0.2) is 4.39 Å². The van der Waals surface area contributed by atoms with E-state index in [1.807, 2.05) is 20.2 Å². The number of hydrogen-bond donors (Lipinski definition) is 0. The summed E-state index contributed by atoms with van der Waals surface area (Å²) in [5.41, 5.74) is 2.38. The monoisotopic (exact) mass is 272 g/mol. The number of halogens is 1. The number of ketones is 1. The lowest BCUT2D eigenvalue weighted by atomic mass is 10.1. The molecule has 104 valence electrons. The van der Waals surface area contributed by atoms with Crippen molar-refractivity contribution < 1.29 is 9.18 Å². The van der Waals surface area contributed by atoms with Crippen molar-refractivity contribution in [1.82, 2.24) is 5.01 Å². The highest BCUT2D eigenvalue weighted by Crippen LogP contribution is 2.27. The molecule has 0 aliphatic heterocycles. The zero-order chi connectivity index (χ0) is 14.5. The minimum absolute atomic E-state index is 0.0551. The van der Waals surface area contributed by atoms with E-state index in [0.29, 0.717) is 0 Å². The van der Waals surface area contributed by atoms with Gasteiger partial charge >= 0.3 is 0 Å². The summed E-state index contributed by atoms with van der Waals surface area (Å²) in [5.74, 6) is -0.218. The summed E-state index contributed by atoms with van der Waals surface area (Å²) in [4.78, 5) is 12.2. The van der Waals surface area contributed by atoms with Crippen LogP contribution < -0.4 is 0 Å². The second-order valence-corrected chi connectivity index (χ2v) is 4.85. The van der Waals surface area contributed by atoms with Gasteiger partial charge < -0.3 is 5.01 Å². The van der Waals surface area contributed by atoms with Crippen LogP contribution in [0.25, 0.3) is 6.08 Å². The van der Waals surface area contributed by atoms with Gasteiger partial charge in [0.1, 0.15) is 5.82 Å². The van der Waals surface area contributed by atoms with E-state index in [1.54, 1.807) is 29.4 Å². The van der Waals surface area contributed by atoms with Gasteiger partial charge in [0.25, 0.3) is 0 Å². The van der Waals surface area contributed by atoms with E-state index in [2.05, 4.69) is 5.10 Å². The Labute approximate surface area is 118 Å². The highest BCUT2D eigenvalue weighted by atomic mass is 19.1. The smallest absolute Gasteiger partial charge is 0.185 e. The van der Waals surface area contributed by atoms with Crippen LogP contribution in [0.1, 0.15) is 18.4 Å². The van der Waals surface area contributed by atoms with E-state index in [4.69, 9.17) is 0 Å². The Bertz CT molecular complexity index is 583. The first-order valence-corrected chi connectivity index (χ1v) is 6.47. The Morgan fingerprint density at radius 1 is 1.15 bits per heavy atom. The molecule has 1 aromatic rings. The van der Waals surface area contributed by atoms with Crippen molar-refractivity contribution in [2.45, 2.75) is 12.8 Å². The van der Waals surface area contributed by atoms with Crippen LogP contribution in [0.3, 0.4) is 0 Å². The summed E-state index contributed by atoms with van der Waals surface area (Å²) in [6.07, 6.45) is 6.66. The molecule has 0 amide bonds. The topological polar surface area (TPSA) is 32.7 Å². The Morgan fingerprint density at radius 2 is 1.80 bits per heavy atom. The molecule has 0 bridgehead atoms. The van der Waals surface area contributed by atoms with Crippen LogP contribution in [0.15, 0.2) is 46.6 Å².